The van der Waals surface area contributed by atoms with Crippen LogP contribution in [-0.2, 0) is 27.4 Å². The molecular weight excluding hydrogens is 334 g/mol. The number of hydrogen-bond donors (Lipinski definition) is 1. The lowest BCUT2D eigenvalue weighted by molar-refractivity contribution is -0.129. The Morgan fingerprint density at radius 1 is 0.962 bits per heavy atom. The van der Waals surface area contributed by atoms with Gasteiger partial charge in [-0.1, -0.05) is 24.3 Å². The first-order valence-electron chi connectivity index (χ1n) is 8.23. The minimum absolute atomic E-state index is 0.344. The average molecular weight is 357 g/mol. The molecule has 0 spiro atoms. The van der Waals surface area contributed by atoms with Crippen molar-refractivity contribution in [3.05, 3.63) is 65.2 Å². The fourth-order valence-corrected chi connectivity index (χ4v) is 2.26. The van der Waals surface area contributed by atoms with Crippen molar-refractivity contribution in [2.75, 3.05) is 14.2 Å². The predicted molar refractivity (Wildman–Crippen MR) is 96.9 cm³/mol. The highest BCUT2D eigenvalue weighted by molar-refractivity contribution is 5.92. The van der Waals surface area contributed by atoms with Crippen molar-refractivity contribution in [1.82, 2.24) is 5.32 Å². The van der Waals surface area contributed by atoms with E-state index in [4.69, 9.17) is 14.2 Å². The molecule has 0 bridgehead atoms. The highest BCUT2D eigenvalue weighted by Crippen LogP contribution is 2.11. The largest absolute Gasteiger partial charge is 0.497 e. The molecular formula is C20H23NO5. The maximum absolute atomic E-state index is 12.1. The van der Waals surface area contributed by atoms with Gasteiger partial charge < -0.3 is 19.5 Å². The van der Waals surface area contributed by atoms with Crippen molar-refractivity contribution in [3.8, 4) is 5.75 Å². The van der Waals surface area contributed by atoms with E-state index in [0.717, 1.165) is 16.9 Å². The zero-order chi connectivity index (χ0) is 18.9. The third-order valence-corrected chi connectivity index (χ3v) is 3.78. The SMILES string of the molecule is COCc1ccc(C(=O)O[C@@H](C)C(=O)NCc2ccc(OC)cc2)cc1. The van der Waals surface area contributed by atoms with Gasteiger partial charge in [-0.25, -0.2) is 4.79 Å². The maximum Gasteiger partial charge on any atom is 0.338 e. The number of rotatable bonds is 8. The molecule has 0 heterocycles. The molecule has 1 atom stereocenters. The van der Waals surface area contributed by atoms with Crippen molar-refractivity contribution in [2.45, 2.75) is 26.2 Å². The Bertz CT molecular complexity index is 725. The Morgan fingerprint density at radius 2 is 1.58 bits per heavy atom. The molecule has 1 amide bonds. The minimum Gasteiger partial charge on any atom is -0.497 e. The van der Waals surface area contributed by atoms with Crippen LogP contribution in [0.25, 0.3) is 0 Å². The Morgan fingerprint density at radius 3 is 2.15 bits per heavy atom. The molecule has 2 rings (SSSR count). The molecule has 2 aromatic carbocycles. The van der Waals surface area contributed by atoms with Gasteiger partial charge in [0.2, 0.25) is 0 Å². The molecule has 138 valence electrons. The monoisotopic (exact) mass is 357 g/mol. The van der Waals surface area contributed by atoms with Gasteiger partial charge in [0.05, 0.1) is 19.3 Å². The van der Waals surface area contributed by atoms with Crippen molar-refractivity contribution in [1.29, 1.82) is 0 Å². The number of esters is 1. The number of nitrogens with one attached hydrogen (secondary N) is 1. The smallest absolute Gasteiger partial charge is 0.338 e. The topological polar surface area (TPSA) is 73.9 Å². The van der Waals surface area contributed by atoms with Crippen LogP contribution in [0.4, 0.5) is 0 Å². The van der Waals surface area contributed by atoms with Crippen LogP contribution < -0.4 is 10.1 Å². The molecule has 0 saturated carbocycles. The summed E-state index contributed by atoms with van der Waals surface area (Å²) >= 11 is 0. The highest BCUT2D eigenvalue weighted by atomic mass is 16.5. The lowest BCUT2D eigenvalue weighted by Crippen LogP contribution is -2.35. The van der Waals surface area contributed by atoms with E-state index < -0.39 is 12.1 Å². The molecule has 0 fully saturated rings. The summed E-state index contributed by atoms with van der Waals surface area (Å²) < 4.78 is 15.3. The minimum atomic E-state index is -0.889. The summed E-state index contributed by atoms with van der Waals surface area (Å²) in [5.41, 5.74) is 2.26. The van der Waals surface area contributed by atoms with Gasteiger partial charge in [0.25, 0.3) is 5.91 Å². The van der Waals surface area contributed by atoms with E-state index in [1.54, 1.807) is 45.4 Å². The van der Waals surface area contributed by atoms with Crippen LogP contribution in [0.3, 0.4) is 0 Å². The van der Waals surface area contributed by atoms with E-state index in [1.165, 1.54) is 0 Å². The van der Waals surface area contributed by atoms with Crippen molar-refractivity contribution in [3.63, 3.8) is 0 Å². The molecule has 1 N–H and O–H groups in total. The van der Waals surface area contributed by atoms with E-state index in [0.29, 0.717) is 18.7 Å². The number of ether oxygens (including phenoxy) is 3. The molecule has 0 aliphatic carbocycles. The van der Waals surface area contributed by atoms with E-state index in [2.05, 4.69) is 5.32 Å². The van der Waals surface area contributed by atoms with E-state index >= 15 is 0 Å². The number of hydrogen-bond acceptors (Lipinski definition) is 5. The van der Waals surface area contributed by atoms with Gasteiger partial charge in [-0.15, -0.1) is 0 Å². The summed E-state index contributed by atoms with van der Waals surface area (Å²) in [6, 6.07) is 14.2. The quantitative estimate of drug-likeness (QED) is 0.736. The lowest BCUT2D eigenvalue weighted by atomic mass is 10.1. The van der Waals surface area contributed by atoms with Crippen LogP contribution in [0, 0.1) is 0 Å². The van der Waals surface area contributed by atoms with Crippen LogP contribution in [-0.4, -0.2) is 32.2 Å². The highest BCUT2D eigenvalue weighted by Gasteiger charge is 2.18. The van der Waals surface area contributed by atoms with Gasteiger partial charge in [0, 0.05) is 13.7 Å². The van der Waals surface area contributed by atoms with Crippen LogP contribution >= 0.6 is 0 Å². The normalized spacial score (nSPS) is 11.5. The third kappa shape index (κ3) is 5.60. The number of carbonyl (C=O) groups excluding carboxylic acids is 2. The second-order valence-corrected chi connectivity index (χ2v) is 5.74. The van der Waals surface area contributed by atoms with Crippen LogP contribution in [0.5, 0.6) is 5.75 Å². The molecule has 6 heteroatoms. The first-order chi connectivity index (χ1) is 12.5. The number of benzene rings is 2. The zero-order valence-corrected chi connectivity index (χ0v) is 15.2. The van der Waals surface area contributed by atoms with Crippen LogP contribution in [0.15, 0.2) is 48.5 Å². The second kappa shape index (κ2) is 9.58. The predicted octanol–water partition coefficient (Wildman–Crippen LogP) is 2.70. The first kappa shape index (κ1) is 19.5. The molecule has 6 nitrogen and oxygen atoms in total. The van der Waals surface area contributed by atoms with Gasteiger partial charge in [-0.3, -0.25) is 4.79 Å². The summed E-state index contributed by atoms with van der Waals surface area (Å²) in [6.07, 6.45) is -0.889. The summed E-state index contributed by atoms with van der Waals surface area (Å²) in [7, 11) is 3.20. The Labute approximate surface area is 153 Å². The average Bonchev–Trinajstić information content (AvgIpc) is 2.67. The van der Waals surface area contributed by atoms with Crippen LogP contribution in [0.2, 0.25) is 0 Å². The summed E-state index contributed by atoms with van der Waals surface area (Å²) in [4.78, 5) is 24.2. The van der Waals surface area contributed by atoms with E-state index in [1.807, 2.05) is 24.3 Å². The Balaban J connectivity index is 1.84. The Hall–Kier alpha value is -2.86. The van der Waals surface area contributed by atoms with Crippen molar-refractivity contribution in [2.24, 2.45) is 0 Å². The molecule has 0 unspecified atom stereocenters. The molecule has 0 aliphatic rings. The lowest BCUT2D eigenvalue weighted by Gasteiger charge is -2.14. The van der Waals surface area contributed by atoms with Gasteiger partial charge in [-0.05, 0) is 42.3 Å². The van der Waals surface area contributed by atoms with Gasteiger partial charge >= 0.3 is 5.97 Å². The molecule has 2 aromatic rings. The first-order valence-corrected chi connectivity index (χ1v) is 8.23. The molecule has 0 saturated heterocycles. The van der Waals surface area contributed by atoms with E-state index in [9.17, 15) is 9.59 Å². The van der Waals surface area contributed by atoms with Crippen molar-refractivity contribution >= 4 is 11.9 Å². The standard InChI is InChI=1S/C20H23NO5/c1-14(19(22)21-12-15-6-10-18(25-3)11-7-15)26-20(23)17-8-4-16(5-9-17)13-24-2/h4-11,14H,12-13H2,1-3H3,(H,21,22)/t14-/m0/s1. The molecule has 26 heavy (non-hydrogen) atoms. The molecule has 0 radical (unpaired) electrons. The third-order valence-electron chi connectivity index (χ3n) is 3.78. The fraction of sp³-hybridized carbons (Fsp3) is 0.300. The van der Waals surface area contributed by atoms with Crippen LogP contribution in [0.1, 0.15) is 28.4 Å². The molecule has 0 aliphatic heterocycles. The van der Waals surface area contributed by atoms with Gasteiger partial charge in [0.1, 0.15) is 5.75 Å². The number of methoxy groups -OCH3 is 2. The van der Waals surface area contributed by atoms with Crippen molar-refractivity contribution < 1.29 is 23.8 Å². The zero-order valence-electron chi connectivity index (χ0n) is 15.2. The van der Waals surface area contributed by atoms with Gasteiger partial charge in [0.15, 0.2) is 6.10 Å². The summed E-state index contributed by atoms with van der Waals surface area (Å²) in [5.74, 6) is -0.148. The Kier molecular flexibility index (Phi) is 7.17. The van der Waals surface area contributed by atoms with E-state index in [-0.39, 0.29) is 5.91 Å². The van der Waals surface area contributed by atoms with Gasteiger partial charge in [-0.2, -0.15) is 0 Å². The fourth-order valence-electron chi connectivity index (χ4n) is 2.26. The summed E-state index contributed by atoms with van der Waals surface area (Å²) in [5, 5.41) is 2.75. The summed E-state index contributed by atoms with van der Waals surface area (Å²) in [6.45, 7) is 2.36. The number of amides is 1. The molecule has 0 aromatic heterocycles. The number of carbonyl (C=O) groups is 2. The maximum atomic E-state index is 12.1. The second-order valence-electron chi connectivity index (χ2n) is 5.74.